The summed E-state index contributed by atoms with van der Waals surface area (Å²) in [4.78, 5) is 0. The van der Waals surface area contributed by atoms with Gasteiger partial charge in [0.05, 0.1) is 13.2 Å². The lowest BCUT2D eigenvalue weighted by Gasteiger charge is -2.18. The summed E-state index contributed by atoms with van der Waals surface area (Å²) in [5.74, 6) is 0. The summed E-state index contributed by atoms with van der Waals surface area (Å²) < 4.78 is 12.3. The topological polar surface area (TPSA) is 18.5 Å². The lowest BCUT2D eigenvalue weighted by atomic mass is 10.1. The van der Waals surface area contributed by atoms with Crippen LogP contribution < -0.4 is 0 Å². The molecule has 3 aromatic rings. The standard InChI is InChI=1S/C25H29O2P/c1-4-12-23(13-5-1)18-10-20-26-28(22-25-16-8-3-9-17-25)27-21-11-19-24-14-6-2-7-15-24/h1-9,12-17H,10-11,18-22H2. The minimum atomic E-state index is -0.898. The molecule has 0 N–H and O–H groups in total. The summed E-state index contributed by atoms with van der Waals surface area (Å²) in [7, 11) is -0.898. The van der Waals surface area contributed by atoms with Gasteiger partial charge >= 0.3 is 0 Å². The summed E-state index contributed by atoms with van der Waals surface area (Å²) in [5, 5.41) is 0. The van der Waals surface area contributed by atoms with Crippen molar-refractivity contribution in [2.45, 2.75) is 31.8 Å². The summed E-state index contributed by atoms with van der Waals surface area (Å²) in [6, 6.07) is 31.7. The minimum absolute atomic E-state index is 0.742. The second-order valence-electron chi connectivity index (χ2n) is 6.82. The molecule has 2 nitrogen and oxygen atoms in total. The third-order valence-corrected chi connectivity index (χ3v) is 6.09. The monoisotopic (exact) mass is 392 g/mol. The highest BCUT2D eigenvalue weighted by molar-refractivity contribution is 7.46. The number of rotatable bonds is 12. The Morgan fingerprint density at radius 2 is 0.893 bits per heavy atom. The molecule has 0 fully saturated rings. The van der Waals surface area contributed by atoms with Crippen LogP contribution in [0.15, 0.2) is 91.0 Å². The van der Waals surface area contributed by atoms with Crippen LogP contribution in [0.5, 0.6) is 0 Å². The normalized spacial score (nSPS) is 11.0. The van der Waals surface area contributed by atoms with E-state index in [0.29, 0.717) is 0 Å². The highest BCUT2D eigenvalue weighted by Gasteiger charge is 2.12. The molecule has 146 valence electrons. The van der Waals surface area contributed by atoms with Gasteiger partial charge in [0, 0.05) is 6.16 Å². The maximum atomic E-state index is 6.16. The Morgan fingerprint density at radius 1 is 0.500 bits per heavy atom. The fraction of sp³-hybridized carbons (Fsp3) is 0.280. The number of hydrogen-bond donors (Lipinski definition) is 0. The van der Waals surface area contributed by atoms with Gasteiger partial charge in [0.1, 0.15) is 0 Å². The largest absolute Gasteiger partial charge is 0.334 e. The zero-order valence-corrected chi connectivity index (χ0v) is 17.3. The first-order chi connectivity index (χ1) is 13.9. The van der Waals surface area contributed by atoms with Gasteiger partial charge in [-0.25, -0.2) is 0 Å². The Balaban J connectivity index is 1.42. The van der Waals surface area contributed by atoms with E-state index < -0.39 is 8.38 Å². The van der Waals surface area contributed by atoms with E-state index in [-0.39, 0.29) is 0 Å². The van der Waals surface area contributed by atoms with E-state index >= 15 is 0 Å². The van der Waals surface area contributed by atoms with E-state index in [4.69, 9.17) is 9.05 Å². The number of aryl methyl sites for hydroxylation is 2. The van der Waals surface area contributed by atoms with Gasteiger partial charge in [-0.15, -0.1) is 0 Å². The SMILES string of the molecule is c1ccc(CCCOP(Cc2ccccc2)OCCCc2ccccc2)cc1. The van der Waals surface area contributed by atoms with Gasteiger partial charge in [-0.05, 0) is 42.4 Å². The lowest BCUT2D eigenvalue weighted by molar-refractivity contribution is 0.243. The molecule has 0 atom stereocenters. The van der Waals surface area contributed by atoms with E-state index in [2.05, 4.69) is 84.9 Å². The lowest BCUT2D eigenvalue weighted by Crippen LogP contribution is -2.00. The Bertz CT molecular complexity index is 715. The maximum Gasteiger partial charge on any atom is 0.175 e. The molecule has 0 radical (unpaired) electrons. The fourth-order valence-electron chi connectivity index (χ4n) is 3.04. The number of hydrogen-bond acceptors (Lipinski definition) is 2. The van der Waals surface area contributed by atoms with Crippen LogP contribution in [-0.2, 0) is 28.1 Å². The van der Waals surface area contributed by atoms with Gasteiger partial charge < -0.3 is 9.05 Å². The molecule has 0 unspecified atom stereocenters. The van der Waals surface area contributed by atoms with E-state index in [1.54, 1.807) is 0 Å². The first-order valence-electron chi connectivity index (χ1n) is 10.1. The molecule has 0 bridgehead atoms. The average molecular weight is 392 g/mol. The molecule has 0 aliphatic rings. The Hall–Kier alpha value is -1.99. The van der Waals surface area contributed by atoms with Crippen molar-refractivity contribution in [3.8, 4) is 0 Å². The van der Waals surface area contributed by atoms with Crippen LogP contribution in [0.2, 0.25) is 0 Å². The van der Waals surface area contributed by atoms with Crippen molar-refractivity contribution in [3.05, 3.63) is 108 Å². The van der Waals surface area contributed by atoms with Crippen molar-refractivity contribution in [2.24, 2.45) is 0 Å². The average Bonchev–Trinajstić information content (AvgIpc) is 2.76. The molecule has 3 aromatic carbocycles. The van der Waals surface area contributed by atoms with E-state index in [1.807, 2.05) is 6.07 Å². The highest BCUT2D eigenvalue weighted by Crippen LogP contribution is 2.42. The Kier molecular flexibility index (Phi) is 9.23. The van der Waals surface area contributed by atoms with Crippen LogP contribution in [0.3, 0.4) is 0 Å². The molecule has 0 aliphatic heterocycles. The van der Waals surface area contributed by atoms with Gasteiger partial charge in [0.2, 0.25) is 0 Å². The van der Waals surface area contributed by atoms with Gasteiger partial charge in [0.15, 0.2) is 8.38 Å². The quantitative estimate of drug-likeness (QED) is 0.249. The molecule has 0 heterocycles. The molecular weight excluding hydrogens is 363 g/mol. The molecular formula is C25H29O2P. The molecule has 3 heteroatoms. The summed E-state index contributed by atoms with van der Waals surface area (Å²) in [6.07, 6.45) is 4.98. The molecule has 0 saturated carbocycles. The zero-order valence-electron chi connectivity index (χ0n) is 16.4. The van der Waals surface area contributed by atoms with Crippen LogP contribution >= 0.6 is 8.38 Å². The molecule has 0 aromatic heterocycles. The third-order valence-electron chi connectivity index (χ3n) is 4.53. The predicted molar refractivity (Wildman–Crippen MR) is 118 cm³/mol. The number of benzene rings is 3. The van der Waals surface area contributed by atoms with E-state index in [0.717, 1.165) is 45.1 Å². The summed E-state index contributed by atoms with van der Waals surface area (Å²) in [6.45, 7) is 1.48. The van der Waals surface area contributed by atoms with Crippen LogP contribution in [0.25, 0.3) is 0 Å². The van der Waals surface area contributed by atoms with Crippen LogP contribution in [0.4, 0.5) is 0 Å². The molecule has 0 aliphatic carbocycles. The second kappa shape index (κ2) is 12.5. The molecule has 28 heavy (non-hydrogen) atoms. The smallest absolute Gasteiger partial charge is 0.175 e. The fourth-order valence-corrected chi connectivity index (χ4v) is 4.47. The third kappa shape index (κ3) is 7.94. The van der Waals surface area contributed by atoms with Crippen LogP contribution in [0, 0.1) is 0 Å². The maximum absolute atomic E-state index is 6.16. The first-order valence-corrected chi connectivity index (χ1v) is 11.4. The zero-order chi connectivity index (χ0) is 19.3. The van der Waals surface area contributed by atoms with Crippen LogP contribution in [-0.4, -0.2) is 13.2 Å². The van der Waals surface area contributed by atoms with Gasteiger partial charge in [-0.3, -0.25) is 0 Å². The van der Waals surface area contributed by atoms with Gasteiger partial charge in [0.25, 0.3) is 0 Å². The van der Waals surface area contributed by atoms with E-state index in [1.165, 1.54) is 16.7 Å². The van der Waals surface area contributed by atoms with Crippen LogP contribution in [0.1, 0.15) is 29.5 Å². The second-order valence-corrected chi connectivity index (χ2v) is 8.32. The van der Waals surface area contributed by atoms with Gasteiger partial charge in [-0.2, -0.15) is 0 Å². The first kappa shape index (κ1) is 20.7. The summed E-state index contributed by atoms with van der Waals surface area (Å²) in [5.41, 5.74) is 4.00. The van der Waals surface area contributed by atoms with Crippen molar-refractivity contribution in [3.63, 3.8) is 0 Å². The molecule has 3 rings (SSSR count). The van der Waals surface area contributed by atoms with Crippen molar-refractivity contribution >= 4 is 8.38 Å². The van der Waals surface area contributed by atoms with Crippen molar-refractivity contribution in [1.29, 1.82) is 0 Å². The van der Waals surface area contributed by atoms with E-state index in [9.17, 15) is 0 Å². The minimum Gasteiger partial charge on any atom is -0.334 e. The Labute approximate surface area is 170 Å². The predicted octanol–water partition coefficient (Wildman–Crippen LogP) is 6.80. The van der Waals surface area contributed by atoms with Gasteiger partial charge in [-0.1, -0.05) is 91.0 Å². The van der Waals surface area contributed by atoms with Crippen molar-refractivity contribution in [2.75, 3.05) is 13.2 Å². The molecule has 0 spiro atoms. The van der Waals surface area contributed by atoms with Crippen molar-refractivity contribution < 1.29 is 9.05 Å². The molecule has 0 saturated heterocycles. The Morgan fingerprint density at radius 3 is 1.32 bits per heavy atom. The van der Waals surface area contributed by atoms with Crippen molar-refractivity contribution in [1.82, 2.24) is 0 Å². The molecule has 0 amide bonds. The summed E-state index contributed by atoms with van der Waals surface area (Å²) >= 11 is 0. The highest BCUT2D eigenvalue weighted by atomic mass is 31.2.